The van der Waals surface area contributed by atoms with Gasteiger partial charge in [0.25, 0.3) is 11.8 Å². The van der Waals surface area contributed by atoms with Crippen molar-refractivity contribution in [2.75, 3.05) is 19.9 Å². The molecule has 1 saturated heterocycles. The molecule has 32 heavy (non-hydrogen) atoms. The predicted octanol–water partition coefficient (Wildman–Crippen LogP) is 3.81. The van der Waals surface area contributed by atoms with Crippen LogP contribution >= 0.6 is 0 Å². The number of halogens is 1. The molecule has 0 bridgehead atoms. The SMILES string of the molecule is CC1CC(C)CN(C2=C(c3ccc(F)cc3)C(=O)N(Cc3ccc4c(c3)OCO4)C2=O)C1. The summed E-state index contributed by atoms with van der Waals surface area (Å²) in [6.07, 6.45) is 1.08. The standard InChI is InChI=1S/C25H25FN2O4/c1-15-9-16(2)12-27(11-15)23-22(18-4-6-19(26)7-5-18)24(29)28(25(23)30)13-17-3-8-20-21(10-17)32-14-31-20/h3-8,10,15-16H,9,11-14H2,1-2H3. The zero-order valence-electron chi connectivity index (χ0n) is 18.1. The van der Waals surface area contributed by atoms with E-state index >= 15 is 0 Å². The van der Waals surface area contributed by atoms with Crippen LogP contribution < -0.4 is 9.47 Å². The molecule has 1 fully saturated rings. The molecule has 0 aliphatic carbocycles. The number of imide groups is 1. The minimum absolute atomic E-state index is 0.126. The summed E-state index contributed by atoms with van der Waals surface area (Å²) in [5.74, 6) is 1.01. The van der Waals surface area contributed by atoms with Gasteiger partial charge >= 0.3 is 0 Å². The van der Waals surface area contributed by atoms with E-state index in [9.17, 15) is 14.0 Å². The normalized spacial score (nSPS) is 22.8. The number of benzene rings is 2. The number of nitrogens with zero attached hydrogens (tertiary/aromatic N) is 2. The molecule has 3 aliphatic heterocycles. The van der Waals surface area contributed by atoms with Crippen molar-refractivity contribution < 1.29 is 23.5 Å². The topological polar surface area (TPSA) is 59.1 Å². The van der Waals surface area contributed by atoms with Crippen molar-refractivity contribution in [3.63, 3.8) is 0 Å². The highest BCUT2D eigenvalue weighted by Gasteiger charge is 2.43. The lowest BCUT2D eigenvalue weighted by atomic mass is 9.91. The molecular weight excluding hydrogens is 411 g/mol. The second kappa shape index (κ2) is 7.97. The van der Waals surface area contributed by atoms with Crippen LogP contribution in [-0.4, -0.2) is 41.5 Å². The Labute approximate surface area is 186 Å². The summed E-state index contributed by atoms with van der Waals surface area (Å²) in [5, 5.41) is 0. The van der Waals surface area contributed by atoms with Crippen LogP contribution in [0.5, 0.6) is 11.5 Å². The van der Waals surface area contributed by atoms with Gasteiger partial charge in [-0.2, -0.15) is 0 Å². The van der Waals surface area contributed by atoms with Crippen molar-refractivity contribution in [1.29, 1.82) is 0 Å². The number of fused-ring (bicyclic) bond motifs is 1. The van der Waals surface area contributed by atoms with Crippen LogP contribution in [0.1, 0.15) is 31.4 Å². The zero-order valence-corrected chi connectivity index (χ0v) is 18.1. The van der Waals surface area contributed by atoms with Crippen LogP contribution in [0.3, 0.4) is 0 Å². The summed E-state index contributed by atoms with van der Waals surface area (Å²) >= 11 is 0. The summed E-state index contributed by atoms with van der Waals surface area (Å²) < 4.78 is 24.3. The molecule has 3 heterocycles. The molecule has 7 heteroatoms. The zero-order chi connectivity index (χ0) is 22.4. The highest BCUT2D eigenvalue weighted by atomic mass is 19.1. The van der Waals surface area contributed by atoms with Crippen molar-refractivity contribution in [2.45, 2.75) is 26.8 Å². The average molecular weight is 436 g/mol. The maximum atomic E-state index is 13.6. The van der Waals surface area contributed by atoms with Crippen LogP contribution in [-0.2, 0) is 16.1 Å². The van der Waals surface area contributed by atoms with Crippen molar-refractivity contribution in [3.05, 3.63) is 65.1 Å². The third-order valence-corrected chi connectivity index (χ3v) is 6.24. The monoisotopic (exact) mass is 436 g/mol. The minimum Gasteiger partial charge on any atom is -0.454 e. The second-order valence-electron chi connectivity index (χ2n) is 8.97. The maximum absolute atomic E-state index is 13.6. The Hall–Kier alpha value is -3.35. The number of hydrogen-bond donors (Lipinski definition) is 0. The van der Waals surface area contributed by atoms with Gasteiger partial charge in [0.2, 0.25) is 6.79 Å². The number of carbonyl (C=O) groups is 2. The van der Waals surface area contributed by atoms with Gasteiger partial charge in [0.1, 0.15) is 11.5 Å². The van der Waals surface area contributed by atoms with E-state index in [2.05, 4.69) is 13.8 Å². The van der Waals surface area contributed by atoms with Crippen LogP contribution in [0.15, 0.2) is 48.2 Å². The van der Waals surface area contributed by atoms with E-state index in [1.807, 2.05) is 11.0 Å². The lowest BCUT2D eigenvalue weighted by Crippen LogP contribution is -2.41. The molecular formula is C25H25FN2O4. The molecule has 2 unspecified atom stereocenters. The second-order valence-corrected chi connectivity index (χ2v) is 8.97. The van der Waals surface area contributed by atoms with E-state index < -0.39 is 0 Å². The van der Waals surface area contributed by atoms with Crippen molar-refractivity contribution >= 4 is 17.4 Å². The van der Waals surface area contributed by atoms with Gasteiger partial charge in [-0.1, -0.05) is 32.0 Å². The number of ether oxygens (including phenoxy) is 2. The Bertz CT molecular complexity index is 1100. The van der Waals surface area contributed by atoms with Gasteiger partial charge in [0.15, 0.2) is 11.5 Å². The Kier molecular flexibility index (Phi) is 5.12. The number of hydrogen-bond acceptors (Lipinski definition) is 5. The maximum Gasteiger partial charge on any atom is 0.278 e. The highest BCUT2D eigenvalue weighted by molar-refractivity contribution is 6.35. The number of likely N-dealkylation sites (tertiary alicyclic amines) is 1. The largest absolute Gasteiger partial charge is 0.454 e. The lowest BCUT2D eigenvalue weighted by molar-refractivity contribution is -0.138. The molecule has 0 spiro atoms. The minimum atomic E-state index is -0.384. The molecule has 2 aromatic rings. The van der Waals surface area contributed by atoms with Crippen LogP contribution in [0.4, 0.5) is 4.39 Å². The van der Waals surface area contributed by atoms with Gasteiger partial charge in [-0.05, 0) is 53.6 Å². The highest BCUT2D eigenvalue weighted by Crippen LogP contribution is 2.37. The first-order valence-electron chi connectivity index (χ1n) is 10.9. The first-order valence-corrected chi connectivity index (χ1v) is 10.9. The molecule has 2 aromatic carbocycles. The fourth-order valence-electron chi connectivity index (χ4n) is 4.94. The van der Waals surface area contributed by atoms with Crippen LogP contribution in [0, 0.1) is 17.7 Å². The Morgan fingerprint density at radius 1 is 0.938 bits per heavy atom. The first-order chi connectivity index (χ1) is 15.4. The molecule has 2 amide bonds. The van der Waals surface area contributed by atoms with Gasteiger partial charge in [-0.15, -0.1) is 0 Å². The molecule has 3 aliphatic rings. The van der Waals surface area contributed by atoms with Crippen molar-refractivity contribution in [1.82, 2.24) is 9.80 Å². The number of rotatable bonds is 4. The number of amides is 2. The van der Waals surface area contributed by atoms with Crippen LogP contribution in [0.2, 0.25) is 0 Å². The Balaban J connectivity index is 1.51. The summed E-state index contributed by atoms with van der Waals surface area (Å²) in [4.78, 5) is 30.4. The van der Waals surface area contributed by atoms with Gasteiger partial charge in [-0.25, -0.2) is 4.39 Å². The van der Waals surface area contributed by atoms with E-state index in [0.717, 1.165) is 12.0 Å². The smallest absolute Gasteiger partial charge is 0.278 e. The molecule has 6 nitrogen and oxygen atoms in total. The van der Waals surface area contributed by atoms with Crippen molar-refractivity contribution in [3.8, 4) is 11.5 Å². The first kappa shape index (κ1) is 20.5. The summed E-state index contributed by atoms with van der Waals surface area (Å²) in [7, 11) is 0. The van der Waals surface area contributed by atoms with E-state index in [0.29, 0.717) is 53.3 Å². The van der Waals surface area contributed by atoms with Gasteiger partial charge in [-0.3, -0.25) is 14.5 Å². The molecule has 166 valence electrons. The van der Waals surface area contributed by atoms with E-state index in [1.54, 1.807) is 24.3 Å². The lowest BCUT2D eigenvalue weighted by Gasteiger charge is -2.37. The fourth-order valence-corrected chi connectivity index (χ4v) is 4.94. The van der Waals surface area contributed by atoms with Gasteiger partial charge < -0.3 is 14.4 Å². The Morgan fingerprint density at radius 3 is 2.34 bits per heavy atom. The summed E-state index contributed by atoms with van der Waals surface area (Å²) in [6.45, 7) is 6.02. The van der Waals surface area contributed by atoms with E-state index in [1.165, 1.54) is 17.0 Å². The quantitative estimate of drug-likeness (QED) is 0.683. The average Bonchev–Trinajstić information content (AvgIpc) is 3.31. The summed E-state index contributed by atoms with van der Waals surface area (Å²) in [5.41, 5.74) is 2.09. The third kappa shape index (κ3) is 3.61. The van der Waals surface area contributed by atoms with Crippen molar-refractivity contribution in [2.24, 2.45) is 11.8 Å². The molecule has 0 saturated carbocycles. The summed E-state index contributed by atoms with van der Waals surface area (Å²) in [6, 6.07) is 11.2. The predicted molar refractivity (Wildman–Crippen MR) is 116 cm³/mol. The van der Waals surface area contributed by atoms with Crippen LogP contribution in [0.25, 0.3) is 5.57 Å². The molecule has 0 radical (unpaired) electrons. The molecule has 2 atom stereocenters. The molecule has 5 rings (SSSR count). The fraction of sp³-hybridized carbons (Fsp3) is 0.360. The van der Waals surface area contributed by atoms with Gasteiger partial charge in [0, 0.05) is 13.1 Å². The Morgan fingerprint density at radius 2 is 1.62 bits per heavy atom. The number of carbonyl (C=O) groups excluding carboxylic acids is 2. The third-order valence-electron chi connectivity index (χ3n) is 6.24. The molecule has 0 N–H and O–H groups in total. The molecule has 0 aromatic heterocycles. The van der Waals surface area contributed by atoms with Gasteiger partial charge in [0.05, 0.1) is 12.1 Å². The van der Waals surface area contributed by atoms with E-state index in [-0.39, 0.29) is 31.0 Å². The van der Waals surface area contributed by atoms with E-state index in [4.69, 9.17) is 9.47 Å². The number of piperidine rings is 1.